The first-order chi connectivity index (χ1) is 8.69. The van der Waals surface area contributed by atoms with E-state index in [1.54, 1.807) is 7.11 Å². The number of hydrogen-bond donors (Lipinski definition) is 1. The van der Waals surface area contributed by atoms with E-state index >= 15 is 0 Å². The third kappa shape index (κ3) is 3.77. The molecule has 1 saturated carbocycles. The number of rotatable bonds is 7. The van der Waals surface area contributed by atoms with Gasteiger partial charge < -0.3 is 14.8 Å². The normalized spacial score (nSPS) is 14.3. The molecule has 1 aliphatic rings. The van der Waals surface area contributed by atoms with E-state index in [0.717, 1.165) is 23.6 Å². The molecule has 0 saturated heterocycles. The highest BCUT2D eigenvalue weighted by Gasteiger charge is 2.20. The largest absolute Gasteiger partial charge is 0.493 e. The molecular formula is C15H21NO2. The lowest BCUT2D eigenvalue weighted by Gasteiger charge is -2.12. The lowest BCUT2D eigenvalue weighted by molar-refractivity contribution is 0.319. The van der Waals surface area contributed by atoms with Crippen LogP contribution in [-0.2, 0) is 6.54 Å². The first kappa shape index (κ1) is 13.0. The number of methoxy groups -OCH3 is 1. The molecule has 0 heterocycles. The van der Waals surface area contributed by atoms with Gasteiger partial charge in [0.1, 0.15) is 6.61 Å². The van der Waals surface area contributed by atoms with Gasteiger partial charge >= 0.3 is 0 Å². The number of hydrogen-bond acceptors (Lipinski definition) is 3. The van der Waals surface area contributed by atoms with Gasteiger partial charge in [0, 0.05) is 12.6 Å². The molecule has 0 atom stereocenters. The van der Waals surface area contributed by atoms with Gasteiger partial charge in [-0.2, -0.15) is 0 Å². The average Bonchev–Trinajstić information content (AvgIpc) is 3.18. The lowest BCUT2D eigenvalue weighted by atomic mass is 10.2. The summed E-state index contributed by atoms with van der Waals surface area (Å²) >= 11 is 0. The maximum atomic E-state index is 5.70. The number of nitrogens with one attached hydrogen (secondary N) is 1. The Morgan fingerprint density at radius 3 is 2.78 bits per heavy atom. The summed E-state index contributed by atoms with van der Waals surface area (Å²) in [6.45, 7) is 7.20. The highest BCUT2D eigenvalue weighted by Crippen LogP contribution is 2.29. The zero-order valence-corrected chi connectivity index (χ0v) is 11.2. The molecule has 1 aliphatic carbocycles. The lowest BCUT2D eigenvalue weighted by Crippen LogP contribution is -2.15. The smallest absolute Gasteiger partial charge is 0.161 e. The summed E-state index contributed by atoms with van der Waals surface area (Å²) in [5, 5.41) is 3.49. The fourth-order valence-electron chi connectivity index (χ4n) is 1.69. The van der Waals surface area contributed by atoms with Crippen molar-refractivity contribution in [1.82, 2.24) is 5.32 Å². The van der Waals surface area contributed by atoms with Crippen LogP contribution < -0.4 is 14.8 Å². The fourth-order valence-corrected chi connectivity index (χ4v) is 1.69. The Labute approximate surface area is 109 Å². The monoisotopic (exact) mass is 247 g/mol. The van der Waals surface area contributed by atoms with Crippen LogP contribution in [0.2, 0.25) is 0 Å². The maximum absolute atomic E-state index is 5.70. The molecular weight excluding hydrogens is 226 g/mol. The van der Waals surface area contributed by atoms with Gasteiger partial charge in [-0.25, -0.2) is 0 Å². The van der Waals surface area contributed by atoms with Gasteiger partial charge in [0.25, 0.3) is 0 Å². The molecule has 1 N–H and O–H groups in total. The van der Waals surface area contributed by atoms with E-state index in [1.165, 1.54) is 18.4 Å². The highest BCUT2D eigenvalue weighted by atomic mass is 16.5. The van der Waals surface area contributed by atoms with Crippen molar-refractivity contribution in [2.75, 3.05) is 13.7 Å². The summed E-state index contributed by atoms with van der Waals surface area (Å²) in [4.78, 5) is 0. The summed E-state index contributed by atoms with van der Waals surface area (Å²) in [6.07, 6.45) is 2.60. The van der Waals surface area contributed by atoms with Gasteiger partial charge in [-0.15, -0.1) is 0 Å². The van der Waals surface area contributed by atoms with Gasteiger partial charge in [0.15, 0.2) is 11.5 Å². The summed E-state index contributed by atoms with van der Waals surface area (Å²) in [7, 11) is 1.66. The van der Waals surface area contributed by atoms with Crippen molar-refractivity contribution < 1.29 is 9.47 Å². The van der Waals surface area contributed by atoms with E-state index < -0.39 is 0 Å². The predicted molar refractivity (Wildman–Crippen MR) is 73.2 cm³/mol. The molecule has 0 bridgehead atoms. The zero-order chi connectivity index (χ0) is 13.0. The molecule has 0 radical (unpaired) electrons. The Morgan fingerprint density at radius 2 is 2.17 bits per heavy atom. The van der Waals surface area contributed by atoms with Gasteiger partial charge in [-0.1, -0.05) is 12.6 Å². The molecule has 18 heavy (non-hydrogen) atoms. The maximum Gasteiger partial charge on any atom is 0.161 e. The zero-order valence-electron chi connectivity index (χ0n) is 11.2. The van der Waals surface area contributed by atoms with Crippen molar-refractivity contribution in [2.45, 2.75) is 32.4 Å². The van der Waals surface area contributed by atoms with Crippen molar-refractivity contribution in [3.63, 3.8) is 0 Å². The van der Waals surface area contributed by atoms with E-state index in [9.17, 15) is 0 Å². The third-order valence-corrected chi connectivity index (χ3v) is 2.87. The fraction of sp³-hybridized carbons (Fsp3) is 0.467. The first-order valence-corrected chi connectivity index (χ1v) is 6.36. The minimum atomic E-state index is 0.524. The molecule has 3 heteroatoms. The Bertz CT molecular complexity index is 425. The molecule has 0 aliphatic heterocycles. The van der Waals surface area contributed by atoms with Crippen LogP contribution >= 0.6 is 0 Å². The SMILES string of the molecule is C=C(C)COc1cc(CNC2CC2)ccc1OC. The summed E-state index contributed by atoms with van der Waals surface area (Å²) < 4.78 is 11.0. The molecule has 0 unspecified atom stereocenters. The molecule has 1 aromatic rings. The van der Waals surface area contributed by atoms with Crippen molar-refractivity contribution >= 4 is 0 Å². The van der Waals surface area contributed by atoms with E-state index in [-0.39, 0.29) is 0 Å². The Kier molecular flexibility index (Phi) is 4.26. The van der Waals surface area contributed by atoms with Crippen LogP contribution in [0.25, 0.3) is 0 Å². The van der Waals surface area contributed by atoms with Crippen molar-refractivity contribution in [3.8, 4) is 11.5 Å². The molecule has 3 nitrogen and oxygen atoms in total. The van der Waals surface area contributed by atoms with E-state index in [1.807, 2.05) is 19.1 Å². The molecule has 0 aromatic heterocycles. The van der Waals surface area contributed by atoms with E-state index in [4.69, 9.17) is 9.47 Å². The first-order valence-electron chi connectivity index (χ1n) is 6.36. The number of ether oxygens (including phenoxy) is 2. The molecule has 1 aromatic carbocycles. The second kappa shape index (κ2) is 5.91. The van der Waals surface area contributed by atoms with Crippen LogP contribution in [0.3, 0.4) is 0 Å². The van der Waals surface area contributed by atoms with Crippen LogP contribution in [-0.4, -0.2) is 19.8 Å². The molecule has 0 spiro atoms. The third-order valence-electron chi connectivity index (χ3n) is 2.87. The van der Waals surface area contributed by atoms with Crippen molar-refractivity contribution in [3.05, 3.63) is 35.9 Å². The van der Waals surface area contributed by atoms with Crippen molar-refractivity contribution in [1.29, 1.82) is 0 Å². The molecule has 98 valence electrons. The molecule has 0 amide bonds. The van der Waals surface area contributed by atoms with Crippen LogP contribution in [0.4, 0.5) is 0 Å². The van der Waals surface area contributed by atoms with E-state index in [0.29, 0.717) is 12.6 Å². The van der Waals surface area contributed by atoms with Crippen LogP contribution in [0.5, 0.6) is 11.5 Å². The van der Waals surface area contributed by atoms with Gasteiger partial charge in [-0.3, -0.25) is 0 Å². The second-order valence-electron chi connectivity index (χ2n) is 4.89. The second-order valence-corrected chi connectivity index (χ2v) is 4.89. The van der Waals surface area contributed by atoms with Gasteiger partial charge in [-0.05, 0) is 43.0 Å². The quantitative estimate of drug-likeness (QED) is 0.751. The summed E-state index contributed by atoms with van der Waals surface area (Å²) in [5.74, 6) is 1.56. The van der Waals surface area contributed by atoms with Gasteiger partial charge in [0.2, 0.25) is 0 Å². The predicted octanol–water partition coefficient (Wildman–Crippen LogP) is 2.90. The molecule has 2 rings (SSSR count). The Balaban J connectivity index is 2.02. The Hall–Kier alpha value is -1.48. The topological polar surface area (TPSA) is 30.5 Å². The van der Waals surface area contributed by atoms with E-state index in [2.05, 4.69) is 18.0 Å². The minimum Gasteiger partial charge on any atom is -0.493 e. The highest BCUT2D eigenvalue weighted by molar-refractivity contribution is 5.43. The van der Waals surface area contributed by atoms with Crippen LogP contribution in [0.15, 0.2) is 30.4 Å². The number of benzene rings is 1. The molecule has 1 fully saturated rings. The minimum absolute atomic E-state index is 0.524. The van der Waals surface area contributed by atoms with Crippen LogP contribution in [0, 0.1) is 0 Å². The standard InChI is InChI=1S/C15H21NO2/c1-11(2)10-18-15-8-12(4-7-14(15)17-3)9-16-13-5-6-13/h4,7-8,13,16H,1,5-6,9-10H2,2-3H3. The van der Waals surface area contributed by atoms with Gasteiger partial charge in [0.05, 0.1) is 7.11 Å². The van der Waals surface area contributed by atoms with Crippen LogP contribution in [0.1, 0.15) is 25.3 Å². The Morgan fingerprint density at radius 1 is 1.39 bits per heavy atom. The summed E-state index contributed by atoms with van der Waals surface area (Å²) in [6, 6.07) is 6.78. The van der Waals surface area contributed by atoms with Crippen molar-refractivity contribution in [2.24, 2.45) is 0 Å². The summed E-state index contributed by atoms with van der Waals surface area (Å²) in [5.41, 5.74) is 2.22. The average molecular weight is 247 g/mol.